The SMILES string of the molecule is Clc1cc(N(c2ccccc2)c2cc(N(c3ccccc3)c3ccccc3)c3c(c2)sc2ccccc23)cc2c1sc1ccccc12. The molecule has 224 valence electrons. The number of hydrogen-bond donors (Lipinski definition) is 0. The van der Waals surface area contributed by atoms with Gasteiger partial charge in [-0.15, -0.1) is 22.7 Å². The lowest BCUT2D eigenvalue weighted by Crippen LogP contribution is -2.13. The van der Waals surface area contributed by atoms with Crippen LogP contribution < -0.4 is 9.80 Å². The molecule has 2 heterocycles. The van der Waals surface area contributed by atoms with Crippen LogP contribution in [0.1, 0.15) is 0 Å². The molecule has 0 radical (unpaired) electrons. The molecule has 0 atom stereocenters. The molecule has 5 heteroatoms. The van der Waals surface area contributed by atoms with Crippen LogP contribution in [-0.2, 0) is 0 Å². The molecule has 9 rings (SSSR count). The molecular weight excluding hydrogens is 632 g/mol. The Labute approximate surface area is 285 Å². The first-order chi connectivity index (χ1) is 23.2. The van der Waals surface area contributed by atoms with Crippen LogP contribution in [0.5, 0.6) is 0 Å². The van der Waals surface area contributed by atoms with Gasteiger partial charge in [0.2, 0.25) is 0 Å². The molecule has 0 N–H and O–H groups in total. The first-order valence-electron chi connectivity index (χ1n) is 15.5. The van der Waals surface area contributed by atoms with Gasteiger partial charge in [0.1, 0.15) is 0 Å². The zero-order chi connectivity index (χ0) is 31.3. The zero-order valence-electron chi connectivity index (χ0n) is 25.2. The molecule has 9 aromatic rings. The first kappa shape index (κ1) is 28.1. The summed E-state index contributed by atoms with van der Waals surface area (Å²) >= 11 is 10.7. The highest BCUT2D eigenvalue weighted by atomic mass is 35.5. The smallest absolute Gasteiger partial charge is 0.0605 e. The molecule has 0 fully saturated rings. The van der Waals surface area contributed by atoms with E-state index in [1.54, 1.807) is 11.3 Å². The van der Waals surface area contributed by atoms with Crippen LogP contribution in [-0.4, -0.2) is 0 Å². The Morgan fingerprint density at radius 1 is 0.383 bits per heavy atom. The van der Waals surface area contributed by atoms with Crippen LogP contribution in [0.3, 0.4) is 0 Å². The average Bonchev–Trinajstić information content (AvgIpc) is 3.69. The maximum Gasteiger partial charge on any atom is 0.0605 e. The minimum Gasteiger partial charge on any atom is -0.310 e. The van der Waals surface area contributed by atoms with E-state index in [-0.39, 0.29) is 0 Å². The van der Waals surface area contributed by atoms with Crippen molar-refractivity contribution in [1.82, 2.24) is 0 Å². The Bertz CT molecular complexity index is 2500. The molecule has 0 aliphatic heterocycles. The van der Waals surface area contributed by atoms with Crippen molar-refractivity contribution in [3.63, 3.8) is 0 Å². The Morgan fingerprint density at radius 2 is 0.894 bits per heavy atom. The van der Waals surface area contributed by atoms with Gasteiger partial charge in [0.15, 0.2) is 0 Å². The maximum atomic E-state index is 7.12. The van der Waals surface area contributed by atoms with Gasteiger partial charge in [0, 0.05) is 64.1 Å². The second-order valence-electron chi connectivity index (χ2n) is 11.5. The molecule has 2 aromatic heterocycles. The third-order valence-corrected chi connectivity index (χ3v) is 11.4. The summed E-state index contributed by atoms with van der Waals surface area (Å²) in [7, 11) is 0. The maximum absolute atomic E-state index is 7.12. The summed E-state index contributed by atoms with van der Waals surface area (Å²) in [5.41, 5.74) is 6.49. The van der Waals surface area contributed by atoms with E-state index in [0.717, 1.165) is 43.8 Å². The van der Waals surface area contributed by atoms with Gasteiger partial charge in [0.25, 0.3) is 0 Å². The fraction of sp³-hybridized carbons (Fsp3) is 0. The topological polar surface area (TPSA) is 6.48 Å². The van der Waals surface area contributed by atoms with Crippen molar-refractivity contribution in [2.75, 3.05) is 9.80 Å². The quantitative estimate of drug-likeness (QED) is 0.175. The molecule has 0 aliphatic rings. The van der Waals surface area contributed by atoms with E-state index in [2.05, 4.69) is 174 Å². The van der Waals surface area contributed by atoms with Gasteiger partial charge < -0.3 is 9.80 Å². The molecule has 0 saturated carbocycles. The van der Waals surface area contributed by atoms with Gasteiger partial charge in [-0.05, 0) is 72.8 Å². The van der Waals surface area contributed by atoms with Gasteiger partial charge in [-0.25, -0.2) is 0 Å². The van der Waals surface area contributed by atoms with E-state index >= 15 is 0 Å². The number of fused-ring (bicyclic) bond motifs is 6. The number of anilines is 6. The molecular formula is C42H27ClN2S2. The third kappa shape index (κ3) is 4.85. The molecule has 47 heavy (non-hydrogen) atoms. The van der Waals surface area contributed by atoms with E-state index in [1.807, 2.05) is 11.3 Å². The van der Waals surface area contributed by atoms with Gasteiger partial charge in [-0.1, -0.05) is 103 Å². The first-order valence-corrected chi connectivity index (χ1v) is 17.6. The highest BCUT2D eigenvalue weighted by molar-refractivity contribution is 7.26. The Kier molecular flexibility index (Phi) is 6.93. The fourth-order valence-corrected chi connectivity index (χ4v) is 9.21. The van der Waals surface area contributed by atoms with Gasteiger partial charge in [-0.2, -0.15) is 0 Å². The molecule has 0 saturated heterocycles. The summed E-state index contributed by atoms with van der Waals surface area (Å²) in [6.07, 6.45) is 0. The van der Waals surface area contributed by atoms with Crippen molar-refractivity contribution in [2.24, 2.45) is 0 Å². The summed E-state index contributed by atoms with van der Waals surface area (Å²) in [5, 5.41) is 5.66. The lowest BCUT2D eigenvalue weighted by molar-refractivity contribution is 1.27. The van der Waals surface area contributed by atoms with Crippen LogP contribution in [0, 0.1) is 0 Å². The molecule has 2 nitrogen and oxygen atoms in total. The summed E-state index contributed by atoms with van der Waals surface area (Å²) in [4.78, 5) is 4.73. The number of rotatable bonds is 6. The minimum atomic E-state index is 0.762. The van der Waals surface area contributed by atoms with Crippen LogP contribution in [0.15, 0.2) is 164 Å². The van der Waals surface area contributed by atoms with Crippen molar-refractivity contribution in [3.8, 4) is 0 Å². The Morgan fingerprint density at radius 3 is 1.53 bits per heavy atom. The Hall–Kier alpha value is -5.13. The predicted molar refractivity (Wildman–Crippen MR) is 207 cm³/mol. The minimum absolute atomic E-state index is 0.762. The van der Waals surface area contributed by atoms with Gasteiger partial charge in [0.05, 0.1) is 15.4 Å². The lowest BCUT2D eigenvalue weighted by atomic mass is 10.1. The molecule has 0 unspecified atom stereocenters. The summed E-state index contributed by atoms with van der Waals surface area (Å²) in [6.45, 7) is 0. The predicted octanol–water partition coefficient (Wildman–Crippen LogP) is 14.0. The number of benzene rings is 7. The van der Waals surface area contributed by atoms with E-state index in [1.165, 1.54) is 35.6 Å². The van der Waals surface area contributed by atoms with Crippen molar-refractivity contribution in [3.05, 3.63) is 169 Å². The number of para-hydroxylation sites is 3. The van der Waals surface area contributed by atoms with Gasteiger partial charge >= 0.3 is 0 Å². The third-order valence-electron chi connectivity index (χ3n) is 8.66. The normalized spacial score (nSPS) is 11.5. The lowest BCUT2D eigenvalue weighted by Gasteiger charge is -2.30. The summed E-state index contributed by atoms with van der Waals surface area (Å²) in [6, 6.07) is 58.3. The van der Waals surface area contributed by atoms with Crippen molar-refractivity contribution in [2.45, 2.75) is 0 Å². The zero-order valence-corrected chi connectivity index (χ0v) is 27.6. The van der Waals surface area contributed by atoms with Crippen molar-refractivity contribution < 1.29 is 0 Å². The van der Waals surface area contributed by atoms with Crippen LogP contribution in [0.4, 0.5) is 34.1 Å². The number of thiophene rings is 2. The molecule has 7 aromatic carbocycles. The number of halogens is 1. The van der Waals surface area contributed by atoms with Crippen LogP contribution >= 0.6 is 34.3 Å². The highest BCUT2D eigenvalue weighted by Gasteiger charge is 2.23. The molecule has 0 aliphatic carbocycles. The summed E-state index contributed by atoms with van der Waals surface area (Å²) < 4.78 is 4.85. The number of hydrogen-bond acceptors (Lipinski definition) is 4. The van der Waals surface area contributed by atoms with E-state index in [4.69, 9.17) is 11.6 Å². The second kappa shape index (κ2) is 11.6. The molecule has 0 bridgehead atoms. The van der Waals surface area contributed by atoms with Crippen molar-refractivity contribution >= 4 is 109 Å². The van der Waals surface area contributed by atoms with Crippen molar-refractivity contribution in [1.29, 1.82) is 0 Å². The average molecular weight is 659 g/mol. The molecule has 0 amide bonds. The van der Waals surface area contributed by atoms with E-state index in [9.17, 15) is 0 Å². The van der Waals surface area contributed by atoms with E-state index in [0.29, 0.717) is 0 Å². The van der Waals surface area contributed by atoms with Gasteiger partial charge in [-0.3, -0.25) is 0 Å². The fourth-order valence-electron chi connectivity index (χ4n) is 6.63. The van der Waals surface area contributed by atoms with Crippen LogP contribution in [0.2, 0.25) is 5.02 Å². The second-order valence-corrected chi connectivity index (χ2v) is 14.1. The summed E-state index contributed by atoms with van der Waals surface area (Å²) in [5.74, 6) is 0. The van der Waals surface area contributed by atoms with Crippen LogP contribution in [0.25, 0.3) is 40.3 Å². The van der Waals surface area contributed by atoms with E-state index < -0.39 is 0 Å². The Balaban J connectivity index is 1.37. The molecule has 0 spiro atoms. The monoisotopic (exact) mass is 658 g/mol. The highest BCUT2D eigenvalue weighted by Crippen LogP contribution is 2.50. The largest absolute Gasteiger partial charge is 0.310 e. The number of nitrogens with zero attached hydrogens (tertiary/aromatic N) is 2. The standard InChI is InChI=1S/C42H27ClN2S2/c43-36-25-31(24-35-33-20-10-12-22-38(33)47-42(35)36)44(28-14-4-1-5-15-28)32-26-37(41-34-21-11-13-23-39(34)46-40(41)27-32)45(29-16-6-2-7-17-29)30-18-8-3-9-19-30/h1-27H.